The molecule has 1 aromatic heterocycles. The summed E-state index contributed by atoms with van der Waals surface area (Å²) in [6.07, 6.45) is 3.27. The van der Waals surface area contributed by atoms with Gasteiger partial charge in [-0.25, -0.2) is 9.97 Å². The first-order valence-electron chi connectivity index (χ1n) is 9.77. The third-order valence-corrected chi connectivity index (χ3v) is 4.76. The van der Waals surface area contributed by atoms with E-state index in [0.717, 1.165) is 41.0 Å². The average molecular weight is 390 g/mol. The Morgan fingerprint density at radius 1 is 0.966 bits per heavy atom. The van der Waals surface area contributed by atoms with Gasteiger partial charge in [0.1, 0.15) is 11.4 Å². The van der Waals surface area contributed by atoms with Crippen LogP contribution in [-0.2, 0) is 19.4 Å². The van der Waals surface area contributed by atoms with Gasteiger partial charge >= 0.3 is 0 Å². The minimum atomic E-state index is -0.247. The second-order valence-electron chi connectivity index (χ2n) is 6.54. The standard InChI is InChI=1S/C23H26N4O2/c1-4-16-10-8-11-17(5-2)21(16)27-22(28)19-13-14-24-23(26-19)25-15-18-9-6-7-12-20(18)29-3/h6-14H,4-5,15H2,1-3H3,(H,27,28)(H,24,25,26). The van der Waals surface area contributed by atoms with Gasteiger partial charge in [0.05, 0.1) is 7.11 Å². The van der Waals surface area contributed by atoms with Crippen molar-refractivity contribution in [1.29, 1.82) is 0 Å². The molecule has 0 saturated carbocycles. The van der Waals surface area contributed by atoms with Gasteiger partial charge in [0.2, 0.25) is 5.95 Å². The van der Waals surface area contributed by atoms with E-state index in [-0.39, 0.29) is 5.91 Å². The number of aryl methyl sites for hydroxylation is 2. The average Bonchev–Trinajstić information content (AvgIpc) is 2.78. The smallest absolute Gasteiger partial charge is 0.274 e. The van der Waals surface area contributed by atoms with Gasteiger partial charge in [-0.3, -0.25) is 4.79 Å². The van der Waals surface area contributed by atoms with Gasteiger partial charge < -0.3 is 15.4 Å². The number of hydrogen-bond acceptors (Lipinski definition) is 5. The van der Waals surface area contributed by atoms with Crippen molar-refractivity contribution in [3.05, 3.63) is 77.1 Å². The topological polar surface area (TPSA) is 76.1 Å². The summed E-state index contributed by atoms with van der Waals surface area (Å²) < 4.78 is 5.36. The molecule has 0 bridgehead atoms. The highest BCUT2D eigenvalue weighted by atomic mass is 16.5. The molecule has 2 N–H and O–H groups in total. The Bertz CT molecular complexity index is 966. The van der Waals surface area contributed by atoms with Crippen LogP contribution in [0.2, 0.25) is 0 Å². The number of amides is 1. The molecular formula is C23H26N4O2. The van der Waals surface area contributed by atoms with E-state index in [2.05, 4.69) is 34.4 Å². The Balaban J connectivity index is 1.75. The minimum Gasteiger partial charge on any atom is -0.496 e. The lowest BCUT2D eigenvalue weighted by atomic mass is 10.0. The molecule has 0 atom stereocenters. The van der Waals surface area contributed by atoms with Gasteiger partial charge in [0, 0.05) is 24.0 Å². The van der Waals surface area contributed by atoms with Crippen molar-refractivity contribution in [2.75, 3.05) is 17.7 Å². The van der Waals surface area contributed by atoms with Crippen LogP contribution in [0.5, 0.6) is 5.75 Å². The third kappa shape index (κ3) is 4.90. The molecule has 1 heterocycles. The monoisotopic (exact) mass is 390 g/mol. The van der Waals surface area contributed by atoms with Gasteiger partial charge in [-0.1, -0.05) is 50.2 Å². The Kier molecular flexibility index (Phi) is 6.79. The summed E-state index contributed by atoms with van der Waals surface area (Å²) in [6, 6.07) is 15.4. The molecule has 0 aliphatic rings. The van der Waals surface area contributed by atoms with Crippen LogP contribution in [0.3, 0.4) is 0 Å². The largest absolute Gasteiger partial charge is 0.496 e. The lowest BCUT2D eigenvalue weighted by Gasteiger charge is -2.14. The molecule has 6 heteroatoms. The van der Waals surface area contributed by atoms with Crippen LogP contribution in [0.4, 0.5) is 11.6 Å². The summed E-state index contributed by atoms with van der Waals surface area (Å²) in [7, 11) is 1.64. The van der Waals surface area contributed by atoms with E-state index in [1.807, 2.05) is 42.5 Å². The fourth-order valence-electron chi connectivity index (χ4n) is 3.17. The number of anilines is 2. The van der Waals surface area contributed by atoms with Crippen molar-refractivity contribution in [1.82, 2.24) is 9.97 Å². The Morgan fingerprint density at radius 3 is 2.34 bits per heavy atom. The van der Waals surface area contributed by atoms with E-state index >= 15 is 0 Å². The van der Waals surface area contributed by atoms with Crippen molar-refractivity contribution in [2.45, 2.75) is 33.2 Å². The molecular weight excluding hydrogens is 364 g/mol. The molecule has 0 spiro atoms. The molecule has 6 nitrogen and oxygen atoms in total. The number of nitrogens with one attached hydrogen (secondary N) is 2. The number of ether oxygens (including phenoxy) is 1. The van der Waals surface area contributed by atoms with Gasteiger partial charge in [-0.2, -0.15) is 0 Å². The molecule has 29 heavy (non-hydrogen) atoms. The van der Waals surface area contributed by atoms with Gasteiger partial charge in [-0.05, 0) is 36.1 Å². The van der Waals surface area contributed by atoms with Crippen molar-refractivity contribution < 1.29 is 9.53 Å². The zero-order valence-electron chi connectivity index (χ0n) is 17.0. The first-order valence-corrected chi connectivity index (χ1v) is 9.77. The van der Waals surface area contributed by atoms with E-state index in [4.69, 9.17) is 4.74 Å². The highest BCUT2D eigenvalue weighted by Crippen LogP contribution is 2.23. The fraction of sp³-hybridized carbons (Fsp3) is 0.261. The normalized spacial score (nSPS) is 10.4. The van der Waals surface area contributed by atoms with Crippen LogP contribution in [0.1, 0.15) is 41.0 Å². The molecule has 2 aromatic carbocycles. The van der Waals surface area contributed by atoms with E-state index in [0.29, 0.717) is 18.2 Å². The maximum Gasteiger partial charge on any atom is 0.274 e. The fourth-order valence-corrected chi connectivity index (χ4v) is 3.17. The number of para-hydroxylation sites is 2. The number of methoxy groups -OCH3 is 1. The second-order valence-corrected chi connectivity index (χ2v) is 6.54. The lowest BCUT2D eigenvalue weighted by molar-refractivity contribution is 0.102. The number of rotatable bonds is 8. The molecule has 0 fully saturated rings. The Labute approximate surface area is 171 Å². The predicted octanol–water partition coefficient (Wildman–Crippen LogP) is 4.47. The predicted molar refractivity (Wildman–Crippen MR) is 116 cm³/mol. The molecule has 0 unspecified atom stereocenters. The molecule has 3 aromatic rings. The van der Waals surface area contributed by atoms with E-state index in [9.17, 15) is 4.79 Å². The number of benzene rings is 2. The molecule has 0 aliphatic heterocycles. The summed E-state index contributed by atoms with van der Waals surface area (Å²) >= 11 is 0. The lowest BCUT2D eigenvalue weighted by Crippen LogP contribution is -2.17. The Morgan fingerprint density at radius 2 is 1.66 bits per heavy atom. The van der Waals surface area contributed by atoms with Crippen LogP contribution < -0.4 is 15.4 Å². The summed E-state index contributed by atoms with van der Waals surface area (Å²) in [5, 5.41) is 6.20. The Hall–Kier alpha value is -3.41. The van der Waals surface area contributed by atoms with E-state index in [1.54, 1.807) is 19.4 Å². The molecule has 1 amide bonds. The summed E-state index contributed by atoms with van der Waals surface area (Å²) in [5.41, 5.74) is 4.40. The summed E-state index contributed by atoms with van der Waals surface area (Å²) in [6.45, 7) is 4.65. The molecule has 0 radical (unpaired) electrons. The zero-order valence-corrected chi connectivity index (χ0v) is 17.0. The van der Waals surface area contributed by atoms with Crippen molar-refractivity contribution in [3.63, 3.8) is 0 Å². The molecule has 150 valence electrons. The van der Waals surface area contributed by atoms with E-state index in [1.165, 1.54) is 0 Å². The van der Waals surface area contributed by atoms with Gasteiger partial charge in [0.15, 0.2) is 0 Å². The number of hydrogen-bond donors (Lipinski definition) is 2. The minimum absolute atomic E-state index is 0.247. The quantitative estimate of drug-likeness (QED) is 0.593. The van der Waals surface area contributed by atoms with Crippen LogP contribution >= 0.6 is 0 Å². The van der Waals surface area contributed by atoms with Crippen LogP contribution in [0, 0.1) is 0 Å². The van der Waals surface area contributed by atoms with Crippen LogP contribution in [-0.4, -0.2) is 23.0 Å². The first-order chi connectivity index (χ1) is 14.2. The highest BCUT2D eigenvalue weighted by Gasteiger charge is 2.14. The maximum absolute atomic E-state index is 12.8. The number of carbonyl (C=O) groups is 1. The van der Waals surface area contributed by atoms with Gasteiger partial charge in [-0.15, -0.1) is 0 Å². The van der Waals surface area contributed by atoms with Crippen LogP contribution in [0.15, 0.2) is 54.7 Å². The zero-order chi connectivity index (χ0) is 20.6. The maximum atomic E-state index is 12.8. The first kappa shape index (κ1) is 20.3. The number of aromatic nitrogens is 2. The van der Waals surface area contributed by atoms with Gasteiger partial charge in [0.25, 0.3) is 5.91 Å². The molecule has 3 rings (SSSR count). The molecule has 0 aliphatic carbocycles. The molecule has 0 saturated heterocycles. The number of nitrogens with zero attached hydrogens (tertiary/aromatic N) is 2. The summed E-state index contributed by atoms with van der Waals surface area (Å²) in [5.74, 6) is 0.934. The number of carbonyl (C=O) groups excluding carboxylic acids is 1. The van der Waals surface area contributed by atoms with Crippen molar-refractivity contribution in [3.8, 4) is 5.75 Å². The van der Waals surface area contributed by atoms with Crippen molar-refractivity contribution in [2.24, 2.45) is 0 Å². The van der Waals surface area contributed by atoms with E-state index < -0.39 is 0 Å². The van der Waals surface area contributed by atoms with Crippen molar-refractivity contribution >= 4 is 17.5 Å². The second kappa shape index (κ2) is 9.68. The third-order valence-electron chi connectivity index (χ3n) is 4.76. The van der Waals surface area contributed by atoms with Crippen LogP contribution in [0.25, 0.3) is 0 Å². The SMILES string of the molecule is CCc1cccc(CC)c1NC(=O)c1ccnc(NCc2ccccc2OC)n1. The summed E-state index contributed by atoms with van der Waals surface area (Å²) in [4.78, 5) is 21.4. The highest BCUT2D eigenvalue weighted by molar-refractivity contribution is 6.03.